The molecular weight excluding hydrogens is 290 g/mol. The Bertz CT molecular complexity index is 570. The molecule has 0 unspecified atom stereocenters. The first-order valence-corrected chi connectivity index (χ1v) is 8.43. The number of carbonyl (C=O) groups excluding carboxylic acids is 1. The predicted octanol–water partition coefficient (Wildman–Crippen LogP) is 3.99. The van der Waals surface area contributed by atoms with Crippen molar-refractivity contribution in [2.75, 3.05) is 11.5 Å². The number of thioether (sulfide) groups is 1. The van der Waals surface area contributed by atoms with Gasteiger partial charge in [-0.2, -0.15) is 0 Å². The van der Waals surface area contributed by atoms with Gasteiger partial charge in [0.25, 0.3) is 0 Å². The molecule has 0 fully saturated rings. The lowest BCUT2D eigenvalue weighted by molar-refractivity contribution is -0.120. The highest BCUT2D eigenvalue weighted by atomic mass is 32.2. The Morgan fingerprint density at radius 1 is 1.09 bits per heavy atom. The first-order chi connectivity index (χ1) is 10.7. The molecule has 0 aromatic heterocycles. The highest BCUT2D eigenvalue weighted by molar-refractivity contribution is 8.00. The molecule has 0 aliphatic heterocycles. The Hall–Kier alpha value is -2.00. The molecule has 0 heterocycles. The van der Waals surface area contributed by atoms with Crippen LogP contribution in [0, 0.1) is 0 Å². The van der Waals surface area contributed by atoms with Crippen LogP contribution >= 0.6 is 11.8 Å². The van der Waals surface area contributed by atoms with Crippen molar-refractivity contribution in [2.24, 2.45) is 0 Å². The Labute approximate surface area is 136 Å². The Balaban J connectivity index is 2.27. The third-order valence-corrected chi connectivity index (χ3v) is 4.50. The summed E-state index contributed by atoms with van der Waals surface area (Å²) >= 11 is 1.56. The first kappa shape index (κ1) is 16.4. The summed E-state index contributed by atoms with van der Waals surface area (Å²) < 4.78 is 0. The van der Waals surface area contributed by atoms with Crippen LogP contribution in [0.15, 0.2) is 73.3 Å². The zero-order valence-electron chi connectivity index (χ0n) is 12.8. The monoisotopic (exact) mass is 311 g/mol. The number of hydrogen-bond donors (Lipinski definition) is 1. The van der Waals surface area contributed by atoms with Crippen molar-refractivity contribution >= 4 is 17.7 Å². The molecule has 3 heteroatoms. The highest BCUT2D eigenvalue weighted by Gasteiger charge is 2.30. The molecule has 114 valence electrons. The number of hydrogen-bond acceptors (Lipinski definition) is 2. The van der Waals surface area contributed by atoms with Crippen molar-refractivity contribution in [1.29, 1.82) is 0 Å². The molecule has 0 saturated heterocycles. The molecule has 2 rings (SSSR count). The average Bonchev–Trinajstić information content (AvgIpc) is 2.56. The predicted molar refractivity (Wildman–Crippen MR) is 95.0 cm³/mol. The fourth-order valence-corrected chi connectivity index (χ4v) is 2.95. The van der Waals surface area contributed by atoms with Gasteiger partial charge in [0.1, 0.15) is 0 Å². The maximum Gasteiger partial charge on any atom is 0.230 e. The van der Waals surface area contributed by atoms with E-state index in [1.807, 2.05) is 73.7 Å². The number of nitrogens with one attached hydrogen (secondary N) is 1. The van der Waals surface area contributed by atoms with E-state index in [0.29, 0.717) is 5.75 Å². The average molecular weight is 311 g/mol. The van der Waals surface area contributed by atoms with Crippen LogP contribution in [0.1, 0.15) is 18.1 Å². The normalized spacial score (nSPS) is 11.0. The van der Waals surface area contributed by atoms with Crippen LogP contribution in [0.2, 0.25) is 0 Å². The highest BCUT2D eigenvalue weighted by Crippen LogP contribution is 2.29. The van der Waals surface area contributed by atoms with Crippen LogP contribution in [-0.4, -0.2) is 17.4 Å². The van der Waals surface area contributed by atoms with E-state index in [-0.39, 0.29) is 5.91 Å². The minimum absolute atomic E-state index is 0.0297. The van der Waals surface area contributed by atoms with Crippen LogP contribution in [0.3, 0.4) is 0 Å². The molecule has 22 heavy (non-hydrogen) atoms. The zero-order chi connectivity index (χ0) is 15.8. The first-order valence-electron chi connectivity index (χ1n) is 7.27. The lowest BCUT2D eigenvalue weighted by atomic mass is 9.84. The molecule has 0 atom stereocenters. The van der Waals surface area contributed by atoms with E-state index in [4.69, 9.17) is 0 Å². The van der Waals surface area contributed by atoms with Crippen molar-refractivity contribution in [1.82, 2.24) is 5.32 Å². The number of amides is 1. The Morgan fingerprint density at radius 3 is 2.05 bits per heavy atom. The topological polar surface area (TPSA) is 29.1 Å². The van der Waals surface area contributed by atoms with Gasteiger partial charge in [0.2, 0.25) is 5.91 Å². The minimum Gasteiger partial charge on any atom is -0.342 e. The zero-order valence-corrected chi connectivity index (χ0v) is 13.6. The molecule has 1 N–H and O–H groups in total. The van der Waals surface area contributed by atoms with Crippen molar-refractivity contribution in [3.63, 3.8) is 0 Å². The summed E-state index contributed by atoms with van der Waals surface area (Å²) in [4.78, 5) is 12.3. The third kappa shape index (κ3) is 4.01. The van der Waals surface area contributed by atoms with E-state index < -0.39 is 5.54 Å². The Kier molecular flexibility index (Phi) is 5.84. The maximum atomic E-state index is 12.3. The van der Waals surface area contributed by atoms with Gasteiger partial charge in [-0.3, -0.25) is 4.79 Å². The molecule has 0 aliphatic rings. The van der Waals surface area contributed by atoms with Gasteiger partial charge in [0, 0.05) is 5.75 Å². The van der Waals surface area contributed by atoms with Gasteiger partial charge < -0.3 is 5.32 Å². The van der Waals surface area contributed by atoms with Crippen molar-refractivity contribution in [3.8, 4) is 0 Å². The summed E-state index contributed by atoms with van der Waals surface area (Å²) in [5.74, 6) is 1.24. The molecule has 2 nitrogen and oxygen atoms in total. The third-order valence-electron chi connectivity index (χ3n) is 3.56. The molecule has 2 aromatic carbocycles. The van der Waals surface area contributed by atoms with Gasteiger partial charge in [-0.15, -0.1) is 18.3 Å². The molecular formula is C19H21NOS. The van der Waals surface area contributed by atoms with E-state index in [2.05, 4.69) is 11.9 Å². The van der Waals surface area contributed by atoms with Gasteiger partial charge in [-0.1, -0.05) is 66.7 Å². The lowest BCUT2D eigenvalue weighted by Crippen LogP contribution is -2.45. The summed E-state index contributed by atoms with van der Waals surface area (Å²) in [5, 5.41) is 3.19. The van der Waals surface area contributed by atoms with Gasteiger partial charge in [0.15, 0.2) is 0 Å². The molecule has 0 saturated carbocycles. The van der Waals surface area contributed by atoms with Crippen LogP contribution in [0.25, 0.3) is 0 Å². The summed E-state index contributed by atoms with van der Waals surface area (Å²) in [7, 11) is 0. The van der Waals surface area contributed by atoms with E-state index >= 15 is 0 Å². The molecule has 0 spiro atoms. The smallest absolute Gasteiger partial charge is 0.230 e. The van der Waals surface area contributed by atoms with E-state index in [1.54, 1.807) is 11.8 Å². The van der Waals surface area contributed by atoms with E-state index in [0.717, 1.165) is 16.9 Å². The second-order valence-corrected chi connectivity index (χ2v) is 6.24. The van der Waals surface area contributed by atoms with Crippen molar-refractivity contribution in [2.45, 2.75) is 12.5 Å². The molecule has 1 amide bonds. The summed E-state index contributed by atoms with van der Waals surface area (Å²) in [6.07, 6.45) is 1.81. The van der Waals surface area contributed by atoms with Crippen LogP contribution in [0.5, 0.6) is 0 Å². The number of benzene rings is 2. The molecule has 0 aliphatic carbocycles. The van der Waals surface area contributed by atoms with Crippen LogP contribution < -0.4 is 5.32 Å². The maximum absolute atomic E-state index is 12.3. The number of rotatable bonds is 7. The standard InChI is InChI=1S/C19H21NOS/c1-3-14-22-15-18(21)20-19(2,16-10-6-4-7-11-16)17-12-8-5-9-13-17/h3-13H,1,14-15H2,2H3,(H,20,21). The van der Waals surface area contributed by atoms with Crippen molar-refractivity contribution < 1.29 is 4.79 Å². The molecule has 0 bridgehead atoms. The quantitative estimate of drug-likeness (QED) is 0.619. The van der Waals surface area contributed by atoms with Gasteiger partial charge in [-0.25, -0.2) is 0 Å². The second-order valence-electron chi connectivity index (χ2n) is 5.21. The van der Waals surface area contributed by atoms with Crippen LogP contribution in [-0.2, 0) is 10.3 Å². The molecule has 2 aromatic rings. The summed E-state index contributed by atoms with van der Waals surface area (Å²) in [5.41, 5.74) is 1.61. The lowest BCUT2D eigenvalue weighted by Gasteiger charge is -2.32. The SMILES string of the molecule is C=CCSCC(=O)NC(C)(c1ccccc1)c1ccccc1. The second kappa shape index (κ2) is 7.85. The summed E-state index contributed by atoms with van der Waals surface area (Å²) in [6, 6.07) is 20.1. The minimum atomic E-state index is -0.533. The van der Waals surface area contributed by atoms with Gasteiger partial charge >= 0.3 is 0 Å². The van der Waals surface area contributed by atoms with Gasteiger partial charge in [0.05, 0.1) is 11.3 Å². The number of carbonyl (C=O) groups is 1. The largest absolute Gasteiger partial charge is 0.342 e. The Morgan fingerprint density at radius 2 is 1.59 bits per heavy atom. The van der Waals surface area contributed by atoms with Gasteiger partial charge in [-0.05, 0) is 18.1 Å². The fraction of sp³-hybridized carbons (Fsp3) is 0.211. The van der Waals surface area contributed by atoms with E-state index in [1.165, 1.54) is 0 Å². The summed E-state index contributed by atoms with van der Waals surface area (Å²) in [6.45, 7) is 5.72. The molecule has 0 radical (unpaired) electrons. The van der Waals surface area contributed by atoms with Crippen LogP contribution in [0.4, 0.5) is 0 Å². The van der Waals surface area contributed by atoms with E-state index in [9.17, 15) is 4.79 Å². The fourth-order valence-electron chi connectivity index (χ4n) is 2.40. The van der Waals surface area contributed by atoms with Crippen molar-refractivity contribution in [3.05, 3.63) is 84.4 Å².